The minimum atomic E-state index is -0.888. The van der Waals surface area contributed by atoms with Crippen LogP contribution >= 0.6 is 15.9 Å². The zero-order valence-electron chi connectivity index (χ0n) is 26.5. The monoisotopic (exact) mass is 694 g/mol. The molecule has 13 nitrogen and oxygen atoms in total. The van der Waals surface area contributed by atoms with Crippen molar-refractivity contribution < 1.29 is 62.2 Å². The summed E-state index contributed by atoms with van der Waals surface area (Å²) in [5.41, 5.74) is 0.650. The molecular formula is C30H47BrO13. The van der Waals surface area contributed by atoms with Gasteiger partial charge in [-0.2, -0.15) is 0 Å². The minimum absolute atomic E-state index is 0.0366. The fourth-order valence-corrected chi connectivity index (χ4v) is 4.44. The van der Waals surface area contributed by atoms with Crippen LogP contribution in [0.4, 0.5) is 0 Å². The highest BCUT2D eigenvalue weighted by molar-refractivity contribution is 9.09. The van der Waals surface area contributed by atoms with Crippen LogP contribution in [-0.4, -0.2) is 103 Å². The van der Waals surface area contributed by atoms with Crippen LogP contribution in [0.5, 0.6) is 0 Å². The maximum absolute atomic E-state index is 11.7. The van der Waals surface area contributed by atoms with Crippen molar-refractivity contribution >= 4 is 39.8 Å². The summed E-state index contributed by atoms with van der Waals surface area (Å²) in [6.07, 6.45) is -0.382. The van der Waals surface area contributed by atoms with Gasteiger partial charge in [0, 0.05) is 29.3 Å². The molecule has 2 aliphatic heterocycles. The number of aliphatic hydroxyl groups is 1. The summed E-state index contributed by atoms with van der Waals surface area (Å²) in [6, 6.07) is 0. The van der Waals surface area contributed by atoms with Crippen LogP contribution in [0.25, 0.3) is 0 Å². The van der Waals surface area contributed by atoms with E-state index in [2.05, 4.69) is 29.1 Å². The number of carbonyl (C=O) groups excluding carboxylic acids is 4. The van der Waals surface area contributed by atoms with Crippen molar-refractivity contribution in [2.45, 2.75) is 103 Å². The lowest BCUT2D eigenvalue weighted by Crippen LogP contribution is -2.47. The van der Waals surface area contributed by atoms with E-state index in [-0.39, 0.29) is 63.6 Å². The van der Waals surface area contributed by atoms with Crippen LogP contribution in [-0.2, 0) is 57.1 Å². The summed E-state index contributed by atoms with van der Waals surface area (Å²) >= 11 is 3.19. The first-order chi connectivity index (χ1) is 20.5. The quantitative estimate of drug-likeness (QED) is 0.122. The third kappa shape index (κ3) is 16.6. The lowest BCUT2D eigenvalue weighted by atomic mass is 10.1. The molecule has 0 spiro atoms. The summed E-state index contributed by atoms with van der Waals surface area (Å²) in [5, 5.41) is 9.22. The van der Waals surface area contributed by atoms with E-state index in [4.69, 9.17) is 43.0 Å². The summed E-state index contributed by atoms with van der Waals surface area (Å²) in [4.78, 5) is 46.1. The fraction of sp³-hybridized carbons (Fsp3) is 0.733. The Labute approximate surface area is 267 Å². The average molecular weight is 696 g/mol. The second-order valence-electron chi connectivity index (χ2n) is 11.2. The molecule has 4 atom stereocenters. The second kappa shape index (κ2) is 19.2. The molecule has 0 bridgehead atoms. The molecule has 2 fully saturated rings. The molecule has 44 heavy (non-hydrogen) atoms. The molecule has 0 amide bonds. The number of aliphatic hydroxyl groups excluding tert-OH is 1. The van der Waals surface area contributed by atoms with Crippen molar-refractivity contribution in [3.8, 4) is 0 Å². The number of ether oxygens (including phenoxy) is 8. The first-order valence-electron chi connectivity index (χ1n) is 14.3. The highest BCUT2D eigenvalue weighted by atomic mass is 79.9. The van der Waals surface area contributed by atoms with E-state index in [9.17, 15) is 19.2 Å². The zero-order chi connectivity index (χ0) is 33.5. The molecule has 0 saturated carbocycles. The zero-order valence-corrected chi connectivity index (χ0v) is 28.1. The van der Waals surface area contributed by atoms with Gasteiger partial charge in [-0.15, -0.1) is 0 Å². The second-order valence-corrected chi connectivity index (χ2v) is 12.0. The Balaban J connectivity index is 0.000000440. The van der Waals surface area contributed by atoms with Crippen molar-refractivity contribution in [3.05, 3.63) is 24.3 Å². The molecule has 0 aliphatic carbocycles. The van der Waals surface area contributed by atoms with Gasteiger partial charge in [0.15, 0.2) is 11.6 Å². The predicted molar refractivity (Wildman–Crippen MR) is 160 cm³/mol. The van der Waals surface area contributed by atoms with Gasteiger partial charge in [0.2, 0.25) is 0 Å². The Bertz CT molecular complexity index is 915. The smallest absolute Gasteiger partial charge is 0.333 e. The fourth-order valence-electron chi connectivity index (χ4n) is 4.28. The van der Waals surface area contributed by atoms with E-state index in [1.54, 1.807) is 41.5 Å². The maximum atomic E-state index is 11.7. The Hall–Kier alpha value is -2.36. The molecule has 14 heteroatoms. The summed E-state index contributed by atoms with van der Waals surface area (Å²) in [5.74, 6) is -3.44. The molecule has 2 heterocycles. The van der Waals surface area contributed by atoms with E-state index in [0.29, 0.717) is 35.9 Å². The minimum Gasteiger partial charge on any atom is -0.465 e. The molecule has 2 aliphatic rings. The standard InChI is InChI=1S/C15H23BrO6.C15H24O7/c2*1-10(2)14(18)20-9-12-7-11(21-15(3,4)22-12)8-13(17)19-6-5-16/h11-12H,1,5-9H2,2-4H3;11-12,16H,1,5-9H2,2-4H3. The van der Waals surface area contributed by atoms with Crippen molar-refractivity contribution in [1.82, 2.24) is 0 Å². The van der Waals surface area contributed by atoms with E-state index >= 15 is 0 Å². The Morgan fingerprint density at radius 1 is 0.705 bits per heavy atom. The number of halogens is 1. The van der Waals surface area contributed by atoms with Crippen LogP contribution in [0.15, 0.2) is 24.3 Å². The lowest BCUT2D eigenvalue weighted by molar-refractivity contribution is -0.305. The number of alkyl halides is 1. The highest BCUT2D eigenvalue weighted by Crippen LogP contribution is 2.30. The SMILES string of the molecule is C=C(C)C(=O)OCC1CC(CC(=O)OCCBr)OC(C)(C)O1.C=C(C)C(=O)OCC1CC(CC(=O)OCCO)OC(C)(C)O1. The van der Waals surface area contributed by atoms with Gasteiger partial charge in [0.25, 0.3) is 0 Å². The molecule has 252 valence electrons. The van der Waals surface area contributed by atoms with Crippen molar-refractivity contribution in [3.63, 3.8) is 0 Å². The molecule has 0 radical (unpaired) electrons. The van der Waals surface area contributed by atoms with Crippen molar-refractivity contribution in [1.29, 1.82) is 0 Å². The van der Waals surface area contributed by atoms with Crippen LogP contribution in [0, 0.1) is 0 Å². The van der Waals surface area contributed by atoms with Gasteiger partial charge in [-0.3, -0.25) is 9.59 Å². The topological polar surface area (TPSA) is 162 Å². The Morgan fingerprint density at radius 2 is 1.07 bits per heavy atom. The summed E-state index contributed by atoms with van der Waals surface area (Å²) in [7, 11) is 0. The van der Waals surface area contributed by atoms with Crippen molar-refractivity contribution in [2.75, 3.05) is 38.4 Å². The third-order valence-electron chi connectivity index (χ3n) is 5.83. The van der Waals surface area contributed by atoms with Crippen LogP contribution in [0.1, 0.15) is 67.2 Å². The van der Waals surface area contributed by atoms with Gasteiger partial charge in [-0.05, 0) is 41.5 Å². The van der Waals surface area contributed by atoms with E-state index < -0.39 is 35.6 Å². The van der Waals surface area contributed by atoms with Gasteiger partial charge in [0.1, 0.15) is 26.4 Å². The van der Waals surface area contributed by atoms with E-state index in [1.807, 2.05) is 0 Å². The third-order valence-corrected chi connectivity index (χ3v) is 6.16. The molecule has 0 aromatic heterocycles. The van der Waals surface area contributed by atoms with Crippen LogP contribution in [0.3, 0.4) is 0 Å². The number of carbonyl (C=O) groups is 4. The summed E-state index contributed by atoms with van der Waals surface area (Å²) in [6.45, 7) is 17.4. The Morgan fingerprint density at radius 3 is 1.41 bits per heavy atom. The van der Waals surface area contributed by atoms with Gasteiger partial charge < -0.3 is 43.0 Å². The maximum Gasteiger partial charge on any atom is 0.333 e. The van der Waals surface area contributed by atoms with E-state index in [0.717, 1.165) is 0 Å². The van der Waals surface area contributed by atoms with Gasteiger partial charge in [-0.25, -0.2) is 9.59 Å². The molecule has 0 aromatic rings. The predicted octanol–water partition coefficient (Wildman–Crippen LogP) is 3.29. The number of esters is 4. The molecule has 1 N–H and O–H groups in total. The normalized spacial score (nSPS) is 23.6. The summed E-state index contributed by atoms with van der Waals surface area (Å²) < 4.78 is 42.8. The first-order valence-corrected chi connectivity index (χ1v) is 15.4. The van der Waals surface area contributed by atoms with E-state index in [1.165, 1.54) is 0 Å². The molecular weight excluding hydrogens is 648 g/mol. The molecule has 2 saturated heterocycles. The lowest BCUT2D eigenvalue weighted by Gasteiger charge is -2.40. The highest BCUT2D eigenvalue weighted by Gasteiger charge is 2.38. The number of hydrogen-bond donors (Lipinski definition) is 1. The van der Waals surface area contributed by atoms with Crippen LogP contribution < -0.4 is 0 Å². The van der Waals surface area contributed by atoms with Gasteiger partial charge in [-0.1, -0.05) is 29.1 Å². The Kier molecular flexibility index (Phi) is 17.3. The molecule has 2 rings (SSSR count). The largest absolute Gasteiger partial charge is 0.465 e. The number of rotatable bonds is 14. The van der Waals surface area contributed by atoms with Gasteiger partial charge in [0.05, 0.1) is 43.9 Å². The van der Waals surface area contributed by atoms with Crippen LogP contribution in [0.2, 0.25) is 0 Å². The molecule has 0 aromatic carbocycles. The first kappa shape index (κ1) is 39.7. The average Bonchev–Trinajstić information content (AvgIpc) is 2.90. The number of hydrogen-bond acceptors (Lipinski definition) is 13. The molecule has 4 unspecified atom stereocenters. The van der Waals surface area contributed by atoms with Gasteiger partial charge >= 0.3 is 23.9 Å². The van der Waals surface area contributed by atoms with Crippen molar-refractivity contribution in [2.24, 2.45) is 0 Å².